The molecule has 0 amide bonds. The summed E-state index contributed by atoms with van der Waals surface area (Å²) in [6.45, 7) is 30.2. The van der Waals surface area contributed by atoms with Crippen molar-refractivity contribution >= 4 is 49.6 Å². The van der Waals surface area contributed by atoms with Crippen molar-refractivity contribution in [3.05, 3.63) is 60.9 Å². The second kappa shape index (κ2) is 11.9. The predicted octanol–water partition coefficient (Wildman–Crippen LogP) is 8.27. The first-order valence-corrected chi connectivity index (χ1v) is 19.9. The molecule has 2 aromatic rings. The number of hydroxylamine groups is 2. The van der Waals surface area contributed by atoms with Crippen LogP contribution < -0.4 is 11.0 Å². The lowest BCUT2D eigenvalue weighted by atomic mass is 10.2. The van der Waals surface area contributed by atoms with Crippen LogP contribution in [0.4, 0.5) is 0 Å². The maximum atomic E-state index is 6.05. The van der Waals surface area contributed by atoms with Gasteiger partial charge in [0.2, 0.25) is 16.6 Å². The van der Waals surface area contributed by atoms with Crippen LogP contribution in [0.3, 0.4) is 0 Å². The average Bonchev–Trinajstić information content (AvgIpc) is 2.79. The molecule has 36 heavy (non-hydrogen) atoms. The van der Waals surface area contributed by atoms with Gasteiger partial charge in [-0.3, -0.25) is 11.0 Å². The van der Waals surface area contributed by atoms with Gasteiger partial charge in [-0.2, -0.15) is 0 Å². The summed E-state index contributed by atoms with van der Waals surface area (Å²) in [7, 11) is -0.717. The molecule has 0 fully saturated rings. The summed E-state index contributed by atoms with van der Waals surface area (Å²) in [6.07, 6.45) is 3.61. The van der Waals surface area contributed by atoms with Gasteiger partial charge in [0.15, 0.2) is 0 Å². The summed E-state index contributed by atoms with van der Waals surface area (Å²) in [4.78, 5) is 9.11. The fourth-order valence-electron chi connectivity index (χ4n) is 2.10. The van der Waals surface area contributed by atoms with E-state index in [2.05, 4.69) is 102 Å². The highest BCUT2D eigenvalue weighted by Gasteiger charge is 2.39. The molecule has 2 aromatic heterocycles. The predicted molar refractivity (Wildman–Crippen MR) is 161 cm³/mol. The Morgan fingerprint density at radius 3 is 1.28 bits per heavy atom. The van der Waals surface area contributed by atoms with Crippen LogP contribution in [0.15, 0.2) is 59.9 Å². The maximum absolute atomic E-state index is 6.05. The molecule has 0 bridgehead atoms. The molecule has 0 aliphatic carbocycles. The molecule has 0 aromatic carbocycles. The van der Waals surface area contributed by atoms with Gasteiger partial charge in [0, 0.05) is 23.5 Å². The summed E-state index contributed by atoms with van der Waals surface area (Å²) in [5.41, 5.74) is 9.31. The Bertz CT molecular complexity index is 960. The molecule has 2 N–H and O–H groups in total. The van der Waals surface area contributed by atoms with Gasteiger partial charge in [0.1, 0.15) is 10.1 Å². The summed E-state index contributed by atoms with van der Waals surface area (Å²) >= 11 is 0. The smallest absolute Gasteiger partial charge is 0.228 e. The van der Waals surface area contributed by atoms with Crippen molar-refractivity contribution in [2.24, 2.45) is 0 Å². The van der Waals surface area contributed by atoms with Crippen LogP contribution >= 0.6 is 21.6 Å². The first kappa shape index (κ1) is 30.7. The lowest BCUT2D eigenvalue weighted by Crippen LogP contribution is -2.44. The second-order valence-electron chi connectivity index (χ2n) is 11.8. The van der Waals surface area contributed by atoms with E-state index in [1.807, 2.05) is 36.7 Å². The standard InChI is InChI=1S/C26H42N4O2S2Si2/c1-19(29-31-35(9,10)25(3,4)5)21-13-15-23(27-17-21)33-34-24-16-14-22(18-28-24)20(2)30-32-36(11,12)26(6,7)8/h13-18,29-30H,1-2H2,3-12H3. The van der Waals surface area contributed by atoms with Gasteiger partial charge in [-0.25, -0.2) is 9.97 Å². The van der Waals surface area contributed by atoms with Crippen LogP contribution in [0.25, 0.3) is 11.4 Å². The normalized spacial score (nSPS) is 12.8. The molecule has 0 saturated carbocycles. The van der Waals surface area contributed by atoms with Crippen LogP contribution in [-0.4, -0.2) is 26.6 Å². The van der Waals surface area contributed by atoms with E-state index in [0.717, 1.165) is 21.2 Å². The van der Waals surface area contributed by atoms with Crippen molar-refractivity contribution in [3.63, 3.8) is 0 Å². The van der Waals surface area contributed by atoms with Crippen LogP contribution in [0, 0.1) is 0 Å². The zero-order chi connectivity index (χ0) is 27.4. The van der Waals surface area contributed by atoms with Gasteiger partial charge < -0.3 is 9.05 Å². The van der Waals surface area contributed by atoms with Crippen molar-refractivity contribution in [1.29, 1.82) is 0 Å². The SMILES string of the molecule is C=C(NO[Si](C)(C)C(C)(C)C)c1ccc(SSc2ccc(C(=C)NO[Si](C)(C)C(C)(C)C)cn2)nc1. The van der Waals surface area contributed by atoms with Gasteiger partial charge in [-0.1, -0.05) is 54.7 Å². The Balaban J connectivity index is 1.87. The Morgan fingerprint density at radius 2 is 1.03 bits per heavy atom. The number of nitrogens with zero attached hydrogens (tertiary/aromatic N) is 2. The van der Waals surface area contributed by atoms with Gasteiger partial charge in [0.25, 0.3) is 0 Å². The molecular formula is C26H42N4O2S2Si2. The van der Waals surface area contributed by atoms with E-state index < -0.39 is 16.6 Å². The minimum absolute atomic E-state index is 0.116. The third kappa shape index (κ3) is 8.49. The van der Waals surface area contributed by atoms with E-state index in [4.69, 9.17) is 9.05 Å². The molecule has 0 saturated heterocycles. The van der Waals surface area contributed by atoms with Gasteiger partial charge >= 0.3 is 0 Å². The Morgan fingerprint density at radius 1 is 0.694 bits per heavy atom. The topological polar surface area (TPSA) is 68.3 Å². The summed E-state index contributed by atoms with van der Waals surface area (Å²) < 4.78 is 12.1. The second-order valence-corrected chi connectivity index (χ2v) is 23.4. The molecule has 6 nitrogen and oxygen atoms in total. The van der Waals surface area contributed by atoms with Crippen LogP contribution in [0.1, 0.15) is 52.7 Å². The lowest BCUT2D eigenvalue weighted by molar-refractivity contribution is 0.226. The molecule has 0 radical (unpaired) electrons. The highest BCUT2D eigenvalue weighted by Crippen LogP contribution is 2.38. The lowest BCUT2D eigenvalue weighted by Gasteiger charge is -2.35. The molecule has 198 valence electrons. The van der Waals surface area contributed by atoms with E-state index in [-0.39, 0.29) is 10.1 Å². The van der Waals surface area contributed by atoms with E-state index in [0.29, 0.717) is 11.4 Å². The number of nitrogens with one attached hydrogen (secondary N) is 2. The molecule has 0 spiro atoms. The van der Waals surface area contributed by atoms with Crippen LogP contribution in [0.2, 0.25) is 36.3 Å². The van der Waals surface area contributed by atoms with Crippen molar-refractivity contribution in [2.45, 2.75) is 87.9 Å². The Labute approximate surface area is 227 Å². The van der Waals surface area contributed by atoms with E-state index in [1.54, 1.807) is 21.6 Å². The quantitative estimate of drug-likeness (QED) is 0.161. The van der Waals surface area contributed by atoms with Crippen molar-refractivity contribution in [2.75, 3.05) is 0 Å². The molecular weight excluding hydrogens is 521 g/mol. The number of pyridine rings is 2. The third-order valence-electron chi connectivity index (χ3n) is 6.85. The minimum atomic E-state index is -1.92. The van der Waals surface area contributed by atoms with Gasteiger partial charge in [-0.05, 0) is 82.1 Å². The molecule has 0 aliphatic rings. The highest BCUT2D eigenvalue weighted by molar-refractivity contribution is 8.76. The largest absolute Gasteiger partial charge is 0.322 e. The molecule has 0 unspecified atom stereocenters. The van der Waals surface area contributed by atoms with Crippen molar-refractivity contribution in [3.8, 4) is 0 Å². The fourth-order valence-corrected chi connectivity index (χ4v) is 5.19. The Hall–Kier alpha value is -1.57. The highest BCUT2D eigenvalue weighted by atomic mass is 33.1. The average molecular weight is 563 g/mol. The molecule has 0 atom stereocenters. The zero-order valence-corrected chi connectivity index (χ0v) is 27.0. The summed E-state index contributed by atoms with van der Waals surface area (Å²) in [6, 6.07) is 7.94. The first-order chi connectivity index (χ1) is 16.4. The Kier molecular flexibility index (Phi) is 10.1. The van der Waals surface area contributed by atoms with Gasteiger partial charge in [-0.15, -0.1) is 0 Å². The third-order valence-corrected chi connectivity index (χ3v) is 17.5. The summed E-state index contributed by atoms with van der Waals surface area (Å²) in [5, 5.41) is 2.01. The van der Waals surface area contributed by atoms with Crippen molar-refractivity contribution < 1.29 is 9.05 Å². The van der Waals surface area contributed by atoms with Crippen LogP contribution in [0.5, 0.6) is 0 Å². The van der Waals surface area contributed by atoms with E-state index in [1.165, 1.54) is 0 Å². The molecule has 0 aliphatic heterocycles. The number of aromatic nitrogens is 2. The van der Waals surface area contributed by atoms with Gasteiger partial charge in [0.05, 0.1) is 11.4 Å². The minimum Gasteiger partial charge on any atom is -0.322 e. The molecule has 10 heteroatoms. The molecule has 2 heterocycles. The summed E-state index contributed by atoms with van der Waals surface area (Å²) in [5.74, 6) is 0. The monoisotopic (exact) mass is 562 g/mol. The molecule has 2 rings (SSSR count). The van der Waals surface area contributed by atoms with Crippen LogP contribution in [-0.2, 0) is 9.05 Å². The van der Waals surface area contributed by atoms with E-state index in [9.17, 15) is 0 Å². The van der Waals surface area contributed by atoms with Crippen molar-refractivity contribution in [1.82, 2.24) is 20.9 Å². The maximum Gasteiger partial charge on any atom is 0.228 e. The van der Waals surface area contributed by atoms with E-state index >= 15 is 0 Å². The fraction of sp³-hybridized carbons (Fsp3) is 0.462. The number of rotatable bonds is 11. The number of hydrogen-bond donors (Lipinski definition) is 2. The zero-order valence-electron chi connectivity index (χ0n) is 23.4. The number of hydrogen-bond acceptors (Lipinski definition) is 8. The first-order valence-electron chi connectivity index (χ1n) is 12.0.